The van der Waals surface area contributed by atoms with Gasteiger partial charge < -0.3 is 5.32 Å². The molecule has 22 heavy (non-hydrogen) atoms. The molecule has 5 nitrogen and oxygen atoms in total. The zero-order valence-electron chi connectivity index (χ0n) is 12.7. The van der Waals surface area contributed by atoms with Crippen LogP contribution in [0.15, 0.2) is 36.5 Å². The second-order valence-electron chi connectivity index (χ2n) is 5.27. The highest BCUT2D eigenvalue weighted by Crippen LogP contribution is 2.15. The van der Waals surface area contributed by atoms with Crippen molar-refractivity contribution in [1.29, 1.82) is 0 Å². The number of aromatic nitrogens is 3. The van der Waals surface area contributed by atoms with E-state index in [1.54, 1.807) is 18.3 Å². The van der Waals surface area contributed by atoms with Crippen molar-refractivity contribution >= 4 is 22.8 Å². The lowest BCUT2D eigenvalue weighted by Gasteiger charge is -2.07. The van der Waals surface area contributed by atoms with Crippen molar-refractivity contribution in [3.05, 3.63) is 59.0 Å². The van der Waals surface area contributed by atoms with Crippen molar-refractivity contribution in [2.75, 3.05) is 5.32 Å². The fourth-order valence-corrected chi connectivity index (χ4v) is 2.16. The van der Waals surface area contributed by atoms with Gasteiger partial charge >= 0.3 is 0 Å². The van der Waals surface area contributed by atoms with Gasteiger partial charge in [-0.25, -0.2) is 15.0 Å². The first-order valence-electron chi connectivity index (χ1n) is 7.02. The van der Waals surface area contributed by atoms with Crippen LogP contribution >= 0.6 is 0 Å². The zero-order valence-corrected chi connectivity index (χ0v) is 12.7. The van der Waals surface area contributed by atoms with Crippen LogP contribution < -0.4 is 5.32 Å². The number of nitrogens with one attached hydrogen (secondary N) is 1. The van der Waals surface area contributed by atoms with Crippen LogP contribution in [0.5, 0.6) is 0 Å². The number of carbonyl (C=O) groups is 1. The van der Waals surface area contributed by atoms with Crippen LogP contribution in [0, 0.1) is 20.8 Å². The fourth-order valence-electron chi connectivity index (χ4n) is 2.16. The molecule has 2 heterocycles. The van der Waals surface area contributed by atoms with Gasteiger partial charge in [0.2, 0.25) is 0 Å². The lowest BCUT2D eigenvalue weighted by atomic mass is 10.1. The van der Waals surface area contributed by atoms with Gasteiger partial charge in [0.15, 0.2) is 0 Å². The van der Waals surface area contributed by atoms with Gasteiger partial charge in [0.1, 0.15) is 5.82 Å². The maximum atomic E-state index is 12.3. The smallest absolute Gasteiger partial charge is 0.256 e. The number of rotatable bonds is 2. The topological polar surface area (TPSA) is 67.8 Å². The molecule has 0 aliphatic carbocycles. The van der Waals surface area contributed by atoms with Gasteiger partial charge in [-0.15, -0.1) is 0 Å². The van der Waals surface area contributed by atoms with Crippen LogP contribution in [0.4, 0.5) is 5.82 Å². The summed E-state index contributed by atoms with van der Waals surface area (Å²) >= 11 is 0. The fraction of sp³-hybridized carbons (Fsp3) is 0.176. The minimum Gasteiger partial charge on any atom is -0.307 e. The van der Waals surface area contributed by atoms with Crippen molar-refractivity contribution in [2.24, 2.45) is 0 Å². The highest BCUT2D eigenvalue weighted by Gasteiger charge is 2.09. The van der Waals surface area contributed by atoms with Crippen LogP contribution in [0.3, 0.4) is 0 Å². The number of amides is 1. The summed E-state index contributed by atoms with van der Waals surface area (Å²) in [7, 11) is 0. The third-order valence-electron chi connectivity index (χ3n) is 3.49. The Kier molecular flexibility index (Phi) is 3.55. The molecule has 0 aliphatic rings. The van der Waals surface area contributed by atoms with Crippen molar-refractivity contribution in [3.63, 3.8) is 0 Å². The first kappa shape index (κ1) is 14.1. The van der Waals surface area contributed by atoms with Gasteiger partial charge in [0.05, 0.1) is 22.4 Å². The Morgan fingerprint density at radius 2 is 1.68 bits per heavy atom. The summed E-state index contributed by atoms with van der Waals surface area (Å²) in [5.41, 5.74) is 4.84. The molecule has 0 spiro atoms. The van der Waals surface area contributed by atoms with Gasteiger partial charge in [-0.1, -0.05) is 0 Å². The third kappa shape index (κ3) is 2.79. The first-order chi connectivity index (χ1) is 10.5. The maximum Gasteiger partial charge on any atom is 0.256 e. The van der Waals surface area contributed by atoms with E-state index >= 15 is 0 Å². The molecule has 2 aromatic heterocycles. The van der Waals surface area contributed by atoms with Crippen LogP contribution in [-0.4, -0.2) is 20.9 Å². The van der Waals surface area contributed by atoms with E-state index in [2.05, 4.69) is 20.3 Å². The van der Waals surface area contributed by atoms with Gasteiger partial charge in [-0.05, 0) is 56.7 Å². The van der Waals surface area contributed by atoms with Gasteiger partial charge in [-0.3, -0.25) is 4.79 Å². The van der Waals surface area contributed by atoms with E-state index in [9.17, 15) is 4.79 Å². The van der Waals surface area contributed by atoms with Crippen molar-refractivity contribution < 1.29 is 4.79 Å². The van der Waals surface area contributed by atoms with Crippen molar-refractivity contribution in [1.82, 2.24) is 15.0 Å². The SMILES string of the molecule is Cc1ccnc(NC(=O)c2ccc3nc(C)c(C)nc3c2)c1. The maximum absolute atomic E-state index is 12.3. The molecule has 3 rings (SSSR count). The van der Waals surface area contributed by atoms with Gasteiger partial charge in [0.25, 0.3) is 5.91 Å². The molecular formula is C17H16N4O. The molecule has 1 aromatic carbocycles. The minimum absolute atomic E-state index is 0.208. The number of nitrogens with zero attached hydrogens (tertiary/aromatic N) is 3. The monoisotopic (exact) mass is 292 g/mol. The van der Waals surface area contributed by atoms with Crippen LogP contribution in [0.1, 0.15) is 27.3 Å². The number of hydrogen-bond acceptors (Lipinski definition) is 4. The third-order valence-corrected chi connectivity index (χ3v) is 3.49. The summed E-state index contributed by atoms with van der Waals surface area (Å²) in [5.74, 6) is 0.330. The molecular weight excluding hydrogens is 276 g/mol. The quantitative estimate of drug-likeness (QED) is 0.787. The molecule has 0 radical (unpaired) electrons. The molecule has 0 bridgehead atoms. The average molecular weight is 292 g/mol. The van der Waals surface area contributed by atoms with Gasteiger partial charge in [0, 0.05) is 11.8 Å². The lowest BCUT2D eigenvalue weighted by Crippen LogP contribution is -2.13. The van der Waals surface area contributed by atoms with Crippen molar-refractivity contribution in [2.45, 2.75) is 20.8 Å². The van der Waals surface area contributed by atoms with E-state index in [4.69, 9.17) is 0 Å². The van der Waals surface area contributed by atoms with E-state index < -0.39 is 0 Å². The molecule has 0 saturated carbocycles. The normalized spacial score (nSPS) is 10.7. The van der Waals surface area contributed by atoms with E-state index in [1.165, 1.54) is 0 Å². The Bertz CT molecular complexity index is 874. The number of benzene rings is 1. The second kappa shape index (κ2) is 5.52. The van der Waals surface area contributed by atoms with Crippen molar-refractivity contribution in [3.8, 4) is 0 Å². The van der Waals surface area contributed by atoms with E-state index in [0.29, 0.717) is 16.9 Å². The van der Waals surface area contributed by atoms with E-state index in [0.717, 1.165) is 22.5 Å². The number of fused-ring (bicyclic) bond motifs is 1. The van der Waals surface area contributed by atoms with Crippen LogP contribution in [0.2, 0.25) is 0 Å². The molecule has 0 aliphatic heterocycles. The predicted octanol–water partition coefficient (Wildman–Crippen LogP) is 3.20. The number of pyridine rings is 1. The highest BCUT2D eigenvalue weighted by molar-refractivity contribution is 6.05. The largest absolute Gasteiger partial charge is 0.307 e. The summed E-state index contributed by atoms with van der Waals surface area (Å²) < 4.78 is 0. The molecule has 0 saturated heterocycles. The Hall–Kier alpha value is -2.82. The first-order valence-corrected chi connectivity index (χ1v) is 7.02. The second-order valence-corrected chi connectivity index (χ2v) is 5.27. The Labute approximate surface area is 128 Å². The number of aryl methyl sites for hydroxylation is 3. The van der Waals surface area contributed by atoms with E-state index in [1.807, 2.05) is 39.0 Å². The number of hydrogen-bond donors (Lipinski definition) is 1. The molecule has 1 N–H and O–H groups in total. The Morgan fingerprint density at radius 1 is 0.955 bits per heavy atom. The summed E-state index contributed by atoms with van der Waals surface area (Å²) in [6, 6.07) is 9.02. The summed E-state index contributed by atoms with van der Waals surface area (Å²) in [4.78, 5) is 25.4. The Morgan fingerprint density at radius 3 is 2.41 bits per heavy atom. The Balaban J connectivity index is 1.92. The summed E-state index contributed by atoms with van der Waals surface area (Å²) in [6.07, 6.45) is 1.67. The molecule has 0 unspecified atom stereocenters. The van der Waals surface area contributed by atoms with E-state index in [-0.39, 0.29) is 5.91 Å². The molecule has 0 atom stereocenters. The van der Waals surface area contributed by atoms with Gasteiger partial charge in [-0.2, -0.15) is 0 Å². The molecule has 0 fully saturated rings. The van der Waals surface area contributed by atoms with Crippen LogP contribution in [0.25, 0.3) is 11.0 Å². The number of carbonyl (C=O) groups excluding carboxylic acids is 1. The summed E-state index contributed by atoms with van der Waals surface area (Å²) in [6.45, 7) is 5.78. The standard InChI is InChI=1S/C17H16N4O/c1-10-6-7-18-16(8-10)21-17(22)13-4-5-14-15(9-13)20-12(3)11(2)19-14/h4-9H,1-3H3,(H,18,21,22). The lowest BCUT2D eigenvalue weighted by molar-refractivity contribution is 0.102. The average Bonchev–Trinajstić information content (AvgIpc) is 2.48. The summed E-state index contributed by atoms with van der Waals surface area (Å²) in [5, 5.41) is 2.79. The van der Waals surface area contributed by atoms with Crippen LogP contribution in [-0.2, 0) is 0 Å². The predicted molar refractivity (Wildman–Crippen MR) is 85.9 cm³/mol. The highest BCUT2D eigenvalue weighted by atomic mass is 16.1. The molecule has 3 aromatic rings. The molecule has 1 amide bonds. The molecule has 5 heteroatoms. The molecule has 110 valence electrons. The number of anilines is 1. The minimum atomic E-state index is -0.208. The zero-order chi connectivity index (χ0) is 15.7.